The third-order valence-electron chi connectivity index (χ3n) is 4.34. The number of rotatable bonds is 6. The van der Waals surface area contributed by atoms with Crippen LogP contribution in [0.2, 0.25) is 0 Å². The van der Waals surface area contributed by atoms with Gasteiger partial charge >= 0.3 is 5.97 Å². The minimum atomic E-state index is -3.85. The zero-order valence-corrected chi connectivity index (χ0v) is 17.2. The number of anilines is 1. The molecule has 2 aromatic rings. The number of hydrogen-bond acceptors (Lipinski definition) is 5. The van der Waals surface area contributed by atoms with E-state index >= 15 is 0 Å². The summed E-state index contributed by atoms with van der Waals surface area (Å²) in [6.07, 6.45) is 0. The van der Waals surface area contributed by atoms with Gasteiger partial charge in [-0.15, -0.1) is 0 Å². The van der Waals surface area contributed by atoms with E-state index in [1.807, 2.05) is 13.8 Å². The molecule has 0 heterocycles. The van der Waals surface area contributed by atoms with Crippen LogP contribution in [0.4, 0.5) is 5.69 Å². The van der Waals surface area contributed by atoms with Gasteiger partial charge in [0.2, 0.25) is 0 Å². The summed E-state index contributed by atoms with van der Waals surface area (Å²) in [6, 6.07) is 8.10. The summed E-state index contributed by atoms with van der Waals surface area (Å²) in [4.78, 5) is 11.9. The Morgan fingerprint density at radius 2 is 1.70 bits per heavy atom. The first-order valence-corrected chi connectivity index (χ1v) is 9.99. The predicted octanol–water partition coefficient (Wildman–Crippen LogP) is 4.02. The van der Waals surface area contributed by atoms with Crippen LogP contribution >= 0.6 is 0 Å². The maximum absolute atomic E-state index is 13.0. The van der Waals surface area contributed by atoms with E-state index in [2.05, 4.69) is 4.72 Å². The van der Waals surface area contributed by atoms with Gasteiger partial charge < -0.3 is 9.47 Å². The van der Waals surface area contributed by atoms with Crippen LogP contribution < -0.4 is 9.46 Å². The van der Waals surface area contributed by atoms with Crippen LogP contribution in [0.25, 0.3) is 0 Å². The molecule has 0 amide bonds. The van der Waals surface area contributed by atoms with Crippen molar-refractivity contribution in [2.24, 2.45) is 0 Å². The highest BCUT2D eigenvalue weighted by atomic mass is 32.2. The first-order chi connectivity index (χ1) is 12.6. The van der Waals surface area contributed by atoms with Gasteiger partial charge in [-0.1, -0.05) is 19.9 Å². The molecule has 1 N–H and O–H groups in total. The number of hydrogen-bond donors (Lipinski definition) is 1. The van der Waals surface area contributed by atoms with Gasteiger partial charge in [0.25, 0.3) is 10.0 Å². The van der Waals surface area contributed by atoms with E-state index in [1.54, 1.807) is 45.2 Å². The molecule has 0 aromatic heterocycles. The second kappa shape index (κ2) is 8.00. The van der Waals surface area contributed by atoms with Gasteiger partial charge in [0.1, 0.15) is 5.75 Å². The maximum atomic E-state index is 13.0. The molecule has 0 spiro atoms. The first kappa shape index (κ1) is 20.8. The van der Waals surface area contributed by atoms with Gasteiger partial charge in [-0.3, -0.25) is 4.72 Å². The molecule has 0 bridgehead atoms. The second-order valence-electron chi connectivity index (χ2n) is 6.64. The standard InChI is InChI=1S/C20H25NO5S/c1-12(2)16-11-19(14(4)9-18(16)25-5)27(23,24)21-17-10-15(20(22)26-6)8-7-13(17)3/h7-12,21H,1-6H3. The highest BCUT2D eigenvalue weighted by Crippen LogP contribution is 2.32. The molecule has 0 aliphatic carbocycles. The fourth-order valence-electron chi connectivity index (χ4n) is 2.77. The SMILES string of the molecule is COC(=O)c1ccc(C)c(NS(=O)(=O)c2cc(C(C)C)c(OC)cc2C)c1. The lowest BCUT2D eigenvalue weighted by Crippen LogP contribution is -2.16. The summed E-state index contributed by atoms with van der Waals surface area (Å²) in [5.41, 5.74) is 2.69. The van der Waals surface area contributed by atoms with Crippen LogP contribution in [-0.4, -0.2) is 28.6 Å². The summed E-state index contributed by atoms with van der Waals surface area (Å²) in [5.74, 6) is 0.224. The molecule has 0 saturated heterocycles. The van der Waals surface area contributed by atoms with Crippen molar-refractivity contribution < 1.29 is 22.7 Å². The summed E-state index contributed by atoms with van der Waals surface area (Å²) >= 11 is 0. The van der Waals surface area contributed by atoms with Crippen molar-refractivity contribution in [3.8, 4) is 5.75 Å². The third-order valence-corrected chi connectivity index (χ3v) is 5.85. The summed E-state index contributed by atoms with van der Waals surface area (Å²) in [6.45, 7) is 7.43. The fraction of sp³-hybridized carbons (Fsp3) is 0.350. The minimum absolute atomic E-state index is 0.0962. The van der Waals surface area contributed by atoms with E-state index < -0.39 is 16.0 Å². The highest BCUT2D eigenvalue weighted by molar-refractivity contribution is 7.92. The Kier molecular flexibility index (Phi) is 6.15. The average molecular weight is 391 g/mol. The Balaban J connectivity index is 2.52. The number of benzene rings is 2. The van der Waals surface area contributed by atoms with Crippen molar-refractivity contribution in [1.29, 1.82) is 0 Å². The third kappa shape index (κ3) is 4.42. The summed E-state index contributed by atoms with van der Waals surface area (Å²) in [5, 5.41) is 0. The molecule has 2 aromatic carbocycles. The quantitative estimate of drug-likeness (QED) is 0.752. The van der Waals surface area contributed by atoms with Crippen LogP contribution in [0.15, 0.2) is 35.2 Å². The maximum Gasteiger partial charge on any atom is 0.337 e. The number of methoxy groups -OCH3 is 2. The molecule has 27 heavy (non-hydrogen) atoms. The number of sulfonamides is 1. The van der Waals surface area contributed by atoms with E-state index in [0.29, 0.717) is 22.6 Å². The zero-order valence-electron chi connectivity index (χ0n) is 16.4. The van der Waals surface area contributed by atoms with E-state index in [9.17, 15) is 13.2 Å². The minimum Gasteiger partial charge on any atom is -0.496 e. The largest absolute Gasteiger partial charge is 0.496 e. The Morgan fingerprint density at radius 1 is 1.04 bits per heavy atom. The Bertz CT molecular complexity index is 965. The first-order valence-electron chi connectivity index (χ1n) is 8.51. The zero-order chi connectivity index (χ0) is 20.4. The van der Waals surface area contributed by atoms with Crippen molar-refractivity contribution in [2.75, 3.05) is 18.9 Å². The second-order valence-corrected chi connectivity index (χ2v) is 8.29. The van der Waals surface area contributed by atoms with Gasteiger partial charge in [-0.25, -0.2) is 13.2 Å². The molecule has 0 saturated carbocycles. The molecular weight excluding hydrogens is 366 g/mol. The molecular formula is C20H25NO5S. The molecule has 0 aliphatic heterocycles. The van der Waals surface area contributed by atoms with Gasteiger partial charge in [0, 0.05) is 0 Å². The highest BCUT2D eigenvalue weighted by Gasteiger charge is 2.22. The molecule has 0 unspecified atom stereocenters. The Morgan fingerprint density at radius 3 is 2.26 bits per heavy atom. The summed E-state index contributed by atoms with van der Waals surface area (Å²) in [7, 11) is -1.01. The lowest BCUT2D eigenvalue weighted by Gasteiger charge is -2.18. The smallest absolute Gasteiger partial charge is 0.337 e. The molecule has 7 heteroatoms. The van der Waals surface area contributed by atoms with Crippen LogP contribution in [0.1, 0.15) is 46.8 Å². The molecule has 0 fully saturated rings. The lowest BCUT2D eigenvalue weighted by atomic mass is 10.0. The van der Waals surface area contributed by atoms with Gasteiger partial charge in [0.05, 0.1) is 30.4 Å². The van der Waals surface area contributed by atoms with Gasteiger partial charge in [-0.05, 0) is 60.7 Å². The van der Waals surface area contributed by atoms with E-state index in [4.69, 9.17) is 9.47 Å². The van der Waals surface area contributed by atoms with Crippen molar-refractivity contribution in [3.05, 3.63) is 52.6 Å². The van der Waals surface area contributed by atoms with Crippen molar-refractivity contribution >= 4 is 21.7 Å². The number of esters is 1. The molecule has 0 radical (unpaired) electrons. The topological polar surface area (TPSA) is 81.7 Å². The van der Waals surface area contributed by atoms with Gasteiger partial charge in [-0.2, -0.15) is 0 Å². The summed E-state index contributed by atoms with van der Waals surface area (Å²) < 4.78 is 38.7. The van der Waals surface area contributed by atoms with Crippen LogP contribution in [0.3, 0.4) is 0 Å². The fourth-order valence-corrected chi connectivity index (χ4v) is 4.16. The van der Waals surface area contributed by atoms with Crippen LogP contribution in [0, 0.1) is 13.8 Å². The van der Waals surface area contributed by atoms with Crippen molar-refractivity contribution in [1.82, 2.24) is 0 Å². The van der Waals surface area contributed by atoms with E-state index in [1.165, 1.54) is 13.2 Å². The number of nitrogens with one attached hydrogen (secondary N) is 1. The molecule has 2 rings (SSSR count). The number of carbonyl (C=O) groups is 1. The Hall–Kier alpha value is -2.54. The lowest BCUT2D eigenvalue weighted by molar-refractivity contribution is 0.0600. The van der Waals surface area contributed by atoms with E-state index in [0.717, 1.165) is 5.56 Å². The normalized spacial score (nSPS) is 11.4. The van der Waals surface area contributed by atoms with Crippen molar-refractivity contribution in [2.45, 2.75) is 38.5 Å². The van der Waals surface area contributed by atoms with Gasteiger partial charge in [0.15, 0.2) is 0 Å². The van der Waals surface area contributed by atoms with Crippen molar-refractivity contribution in [3.63, 3.8) is 0 Å². The monoisotopic (exact) mass is 391 g/mol. The average Bonchev–Trinajstić information content (AvgIpc) is 2.61. The molecule has 0 aliphatic rings. The Labute approximate surface area is 160 Å². The molecule has 0 atom stereocenters. The van der Waals surface area contributed by atoms with Crippen LogP contribution in [0.5, 0.6) is 5.75 Å². The molecule has 146 valence electrons. The van der Waals surface area contributed by atoms with E-state index in [-0.39, 0.29) is 16.4 Å². The number of ether oxygens (including phenoxy) is 2. The predicted molar refractivity (Wildman–Crippen MR) is 105 cm³/mol. The number of aryl methyl sites for hydroxylation is 2. The molecule has 6 nitrogen and oxygen atoms in total. The number of carbonyl (C=O) groups excluding carboxylic acids is 1. The van der Waals surface area contributed by atoms with Crippen LogP contribution in [-0.2, 0) is 14.8 Å².